The molecule has 0 fully saturated rings. The zero-order valence-corrected chi connectivity index (χ0v) is 14.6. The van der Waals surface area contributed by atoms with Crippen LogP contribution >= 0.6 is 11.6 Å². The predicted octanol–water partition coefficient (Wildman–Crippen LogP) is 2.92. The van der Waals surface area contributed by atoms with Crippen LogP contribution in [0.4, 0.5) is 9.18 Å². The summed E-state index contributed by atoms with van der Waals surface area (Å²) in [6.07, 6.45) is 0.814. The Morgan fingerprint density at radius 3 is 2.52 bits per heavy atom. The van der Waals surface area contributed by atoms with E-state index in [1.54, 1.807) is 20.0 Å². The van der Waals surface area contributed by atoms with E-state index in [1.807, 2.05) is 13.8 Å². The molecule has 7 heteroatoms. The second-order valence-electron chi connectivity index (χ2n) is 5.59. The van der Waals surface area contributed by atoms with Gasteiger partial charge < -0.3 is 15.5 Å². The van der Waals surface area contributed by atoms with Crippen molar-refractivity contribution in [2.24, 2.45) is 0 Å². The summed E-state index contributed by atoms with van der Waals surface area (Å²) in [5.41, 5.74) is 0.612. The molecule has 0 heterocycles. The molecule has 0 saturated carbocycles. The maximum absolute atomic E-state index is 13.4. The van der Waals surface area contributed by atoms with Gasteiger partial charge >= 0.3 is 6.03 Å². The topological polar surface area (TPSA) is 61.4 Å². The van der Waals surface area contributed by atoms with Crippen LogP contribution in [-0.2, 0) is 11.3 Å². The number of benzene rings is 1. The maximum Gasteiger partial charge on any atom is 0.318 e. The number of halogens is 2. The summed E-state index contributed by atoms with van der Waals surface area (Å²) < 4.78 is 13.4. The lowest BCUT2D eigenvalue weighted by molar-refractivity contribution is -0.123. The van der Waals surface area contributed by atoms with Gasteiger partial charge in [-0.2, -0.15) is 0 Å². The Morgan fingerprint density at radius 2 is 1.96 bits per heavy atom. The van der Waals surface area contributed by atoms with Gasteiger partial charge in [0.1, 0.15) is 11.9 Å². The van der Waals surface area contributed by atoms with Crippen molar-refractivity contribution in [1.82, 2.24) is 15.5 Å². The van der Waals surface area contributed by atoms with E-state index in [4.69, 9.17) is 11.6 Å². The monoisotopic (exact) mass is 343 g/mol. The van der Waals surface area contributed by atoms with Gasteiger partial charge in [-0.1, -0.05) is 24.6 Å². The highest BCUT2D eigenvalue weighted by Gasteiger charge is 2.19. The van der Waals surface area contributed by atoms with Gasteiger partial charge in [-0.05, 0) is 38.0 Å². The second-order valence-corrected chi connectivity index (χ2v) is 6.00. The number of amides is 3. The zero-order valence-electron chi connectivity index (χ0n) is 13.8. The molecule has 0 aliphatic rings. The number of urea groups is 1. The Kier molecular flexibility index (Phi) is 7.29. The van der Waals surface area contributed by atoms with Gasteiger partial charge in [0, 0.05) is 19.6 Å². The minimum absolute atomic E-state index is 0.0381. The average Bonchev–Trinajstić information content (AvgIpc) is 2.50. The van der Waals surface area contributed by atoms with Gasteiger partial charge in [0.15, 0.2) is 0 Å². The molecule has 0 saturated heterocycles. The van der Waals surface area contributed by atoms with Crippen LogP contribution in [0.3, 0.4) is 0 Å². The minimum Gasteiger partial charge on any atom is -0.352 e. The van der Waals surface area contributed by atoms with E-state index >= 15 is 0 Å². The van der Waals surface area contributed by atoms with Crippen molar-refractivity contribution in [3.63, 3.8) is 0 Å². The minimum atomic E-state index is -0.652. The van der Waals surface area contributed by atoms with Crippen molar-refractivity contribution in [3.8, 4) is 0 Å². The Hall–Kier alpha value is -1.82. The van der Waals surface area contributed by atoms with E-state index in [9.17, 15) is 14.0 Å². The van der Waals surface area contributed by atoms with Crippen molar-refractivity contribution in [1.29, 1.82) is 0 Å². The van der Waals surface area contributed by atoms with E-state index in [-0.39, 0.29) is 23.5 Å². The molecule has 0 aromatic heterocycles. The summed E-state index contributed by atoms with van der Waals surface area (Å²) in [5, 5.41) is 5.45. The lowest BCUT2D eigenvalue weighted by atomic mass is 10.2. The fourth-order valence-electron chi connectivity index (χ4n) is 1.81. The summed E-state index contributed by atoms with van der Waals surface area (Å²) in [6, 6.07) is 3.37. The van der Waals surface area contributed by atoms with Gasteiger partial charge in [0.25, 0.3) is 0 Å². The molecule has 0 radical (unpaired) electrons. The normalized spacial score (nSPS) is 13.1. The zero-order chi connectivity index (χ0) is 17.6. The van der Waals surface area contributed by atoms with Crippen LogP contribution < -0.4 is 10.6 Å². The standard InChI is InChI=1S/C16H23ClFN3O2/c1-5-10(2)19-15(22)11(3)20-16(23)21(4)9-12-6-7-13(17)14(18)8-12/h6-8,10-11H,5,9H2,1-4H3,(H,19,22)(H,20,23)/t10-,11-/m1/s1. The van der Waals surface area contributed by atoms with Crippen LogP contribution in [0.5, 0.6) is 0 Å². The predicted molar refractivity (Wildman–Crippen MR) is 88.8 cm³/mol. The van der Waals surface area contributed by atoms with E-state index in [2.05, 4.69) is 10.6 Å². The van der Waals surface area contributed by atoms with Gasteiger partial charge in [0.2, 0.25) is 5.91 Å². The molecule has 0 bridgehead atoms. The highest BCUT2D eigenvalue weighted by molar-refractivity contribution is 6.30. The Balaban J connectivity index is 2.56. The number of nitrogens with zero attached hydrogens (tertiary/aromatic N) is 1. The highest BCUT2D eigenvalue weighted by atomic mass is 35.5. The largest absolute Gasteiger partial charge is 0.352 e. The number of hydrogen-bond donors (Lipinski definition) is 2. The first-order chi connectivity index (χ1) is 10.7. The summed E-state index contributed by atoms with van der Waals surface area (Å²) in [6.45, 7) is 5.69. The van der Waals surface area contributed by atoms with Crippen LogP contribution in [0.25, 0.3) is 0 Å². The number of nitrogens with one attached hydrogen (secondary N) is 2. The molecule has 2 N–H and O–H groups in total. The SMILES string of the molecule is CC[C@@H](C)NC(=O)[C@@H](C)NC(=O)N(C)Cc1ccc(Cl)c(F)c1. The van der Waals surface area contributed by atoms with Gasteiger partial charge in [-0.15, -0.1) is 0 Å². The molecule has 23 heavy (non-hydrogen) atoms. The van der Waals surface area contributed by atoms with Gasteiger partial charge in [0.05, 0.1) is 5.02 Å². The lowest BCUT2D eigenvalue weighted by Crippen LogP contribution is -2.50. The summed E-state index contributed by atoms with van der Waals surface area (Å²) in [4.78, 5) is 25.4. The molecule has 2 atom stereocenters. The van der Waals surface area contributed by atoms with Crippen molar-refractivity contribution in [2.45, 2.75) is 45.8 Å². The van der Waals surface area contributed by atoms with Crippen LogP contribution in [0.2, 0.25) is 5.02 Å². The molecular formula is C16H23ClFN3O2. The van der Waals surface area contributed by atoms with Crippen LogP contribution in [0, 0.1) is 5.82 Å². The van der Waals surface area contributed by atoms with Crippen molar-refractivity contribution in [2.75, 3.05) is 7.05 Å². The molecule has 1 aromatic carbocycles. The van der Waals surface area contributed by atoms with Crippen molar-refractivity contribution >= 4 is 23.5 Å². The fraction of sp³-hybridized carbons (Fsp3) is 0.500. The summed E-state index contributed by atoms with van der Waals surface area (Å²) in [7, 11) is 1.57. The molecule has 1 rings (SSSR count). The maximum atomic E-state index is 13.4. The molecule has 0 unspecified atom stereocenters. The van der Waals surface area contributed by atoms with E-state index in [0.717, 1.165) is 6.42 Å². The Labute approximate surface area is 141 Å². The number of rotatable bonds is 6. The number of hydrogen-bond acceptors (Lipinski definition) is 2. The Bertz CT molecular complexity index is 568. The third-order valence-corrected chi connectivity index (χ3v) is 3.79. The molecule has 0 aliphatic heterocycles. The molecule has 1 aromatic rings. The fourth-order valence-corrected chi connectivity index (χ4v) is 1.93. The average molecular weight is 344 g/mol. The van der Waals surface area contributed by atoms with Crippen molar-refractivity contribution < 1.29 is 14.0 Å². The third-order valence-electron chi connectivity index (χ3n) is 3.48. The van der Waals surface area contributed by atoms with Crippen LogP contribution in [0.1, 0.15) is 32.8 Å². The summed E-state index contributed by atoms with van der Waals surface area (Å²) >= 11 is 5.62. The quantitative estimate of drug-likeness (QED) is 0.834. The first-order valence-electron chi connectivity index (χ1n) is 7.50. The smallest absolute Gasteiger partial charge is 0.318 e. The van der Waals surface area contributed by atoms with Gasteiger partial charge in [-0.3, -0.25) is 4.79 Å². The van der Waals surface area contributed by atoms with E-state index in [1.165, 1.54) is 17.0 Å². The molecular weight excluding hydrogens is 321 g/mol. The first-order valence-corrected chi connectivity index (χ1v) is 7.88. The number of carbonyl (C=O) groups is 2. The molecule has 128 valence electrons. The lowest BCUT2D eigenvalue weighted by Gasteiger charge is -2.22. The molecule has 0 aliphatic carbocycles. The van der Waals surface area contributed by atoms with Crippen LogP contribution in [0.15, 0.2) is 18.2 Å². The molecule has 3 amide bonds. The van der Waals surface area contributed by atoms with Crippen LogP contribution in [-0.4, -0.2) is 36.0 Å². The molecule has 5 nitrogen and oxygen atoms in total. The summed E-state index contributed by atoms with van der Waals surface area (Å²) in [5.74, 6) is -0.766. The molecule has 0 spiro atoms. The number of carbonyl (C=O) groups excluding carboxylic acids is 2. The highest BCUT2D eigenvalue weighted by Crippen LogP contribution is 2.16. The van der Waals surface area contributed by atoms with E-state index in [0.29, 0.717) is 5.56 Å². The first kappa shape index (κ1) is 19.2. The van der Waals surface area contributed by atoms with Gasteiger partial charge in [-0.25, -0.2) is 9.18 Å². The third kappa shape index (κ3) is 6.06. The second kappa shape index (κ2) is 8.72. The van der Waals surface area contributed by atoms with E-state index < -0.39 is 17.9 Å². The Morgan fingerprint density at radius 1 is 1.30 bits per heavy atom. The van der Waals surface area contributed by atoms with Crippen molar-refractivity contribution in [3.05, 3.63) is 34.6 Å².